The number of pyridine rings is 1. The number of hydrogen-bond donors (Lipinski definition) is 1. The van der Waals surface area contributed by atoms with Gasteiger partial charge in [0, 0.05) is 44.0 Å². The summed E-state index contributed by atoms with van der Waals surface area (Å²) in [6.07, 6.45) is 3.75. The van der Waals surface area contributed by atoms with Crippen LogP contribution in [0.2, 0.25) is 0 Å². The Morgan fingerprint density at radius 3 is 2.52 bits per heavy atom. The predicted molar refractivity (Wildman–Crippen MR) is 101 cm³/mol. The summed E-state index contributed by atoms with van der Waals surface area (Å²) in [5.41, 5.74) is 0. The Bertz CT molecular complexity index is 744. The number of rotatable bonds is 7. The number of likely N-dealkylation sites (N-methyl/N-ethyl adjacent to an activating group) is 1. The van der Waals surface area contributed by atoms with Crippen molar-refractivity contribution < 1.29 is 18.0 Å². The molecule has 150 valence electrons. The fourth-order valence-electron chi connectivity index (χ4n) is 3.14. The minimum Gasteiger partial charge on any atom is -0.352 e. The molecule has 0 unspecified atom stereocenters. The lowest BCUT2D eigenvalue weighted by atomic mass is 9.96. The van der Waals surface area contributed by atoms with Crippen LogP contribution in [0.25, 0.3) is 0 Å². The quantitative estimate of drug-likeness (QED) is 0.737. The van der Waals surface area contributed by atoms with Crippen molar-refractivity contribution >= 4 is 21.8 Å². The second kappa shape index (κ2) is 9.27. The largest absolute Gasteiger partial charge is 0.352 e. The highest BCUT2D eigenvalue weighted by atomic mass is 32.2. The van der Waals surface area contributed by atoms with E-state index in [0.717, 1.165) is 0 Å². The van der Waals surface area contributed by atoms with Gasteiger partial charge in [-0.3, -0.25) is 14.6 Å². The van der Waals surface area contributed by atoms with Gasteiger partial charge < -0.3 is 10.2 Å². The van der Waals surface area contributed by atoms with E-state index in [-0.39, 0.29) is 48.3 Å². The Kier molecular flexibility index (Phi) is 7.32. The highest BCUT2D eigenvalue weighted by molar-refractivity contribution is 7.89. The van der Waals surface area contributed by atoms with Crippen molar-refractivity contribution in [2.45, 2.75) is 44.6 Å². The van der Waals surface area contributed by atoms with E-state index in [2.05, 4.69) is 10.3 Å². The fourth-order valence-corrected chi connectivity index (χ4v) is 4.57. The third kappa shape index (κ3) is 5.49. The molecule has 2 rings (SSSR count). The molecule has 1 aromatic rings. The van der Waals surface area contributed by atoms with Gasteiger partial charge in [0.1, 0.15) is 4.90 Å². The first-order chi connectivity index (χ1) is 12.8. The lowest BCUT2D eigenvalue weighted by Crippen LogP contribution is -2.47. The Morgan fingerprint density at radius 1 is 1.33 bits per heavy atom. The van der Waals surface area contributed by atoms with Crippen LogP contribution in [0.1, 0.15) is 33.6 Å². The maximum Gasteiger partial charge on any atom is 0.244 e. The van der Waals surface area contributed by atoms with Crippen molar-refractivity contribution in [3.63, 3.8) is 0 Å². The van der Waals surface area contributed by atoms with Gasteiger partial charge in [-0.25, -0.2) is 8.42 Å². The van der Waals surface area contributed by atoms with Crippen molar-refractivity contribution in [3.8, 4) is 0 Å². The van der Waals surface area contributed by atoms with Crippen molar-refractivity contribution in [2.24, 2.45) is 5.92 Å². The average molecular weight is 397 g/mol. The molecular weight excluding hydrogens is 368 g/mol. The molecule has 1 saturated heterocycles. The molecule has 1 N–H and O–H groups in total. The minimum atomic E-state index is -3.59. The molecule has 1 fully saturated rings. The van der Waals surface area contributed by atoms with Crippen LogP contribution in [0.15, 0.2) is 29.4 Å². The van der Waals surface area contributed by atoms with Crippen LogP contribution in [0.5, 0.6) is 0 Å². The van der Waals surface area contributed by atoms with Gasteiger partial charge in [-0.2, -0.15) is 4.31 Å². The van der Waals surface area contributed by atoms with Crippen LogP contribution in [-0.2, 0) is 19.6 Å². The lowest BCUT2D eigenvalue weighted by molar-refractivity contribution is -0.140. The summed E-state index contributed by atoms with van der Waals surface area (Å²) in [4.78, 5) is 30.3. The van der Waals surface area contributed by atoms with Crippen LogP contribution in [0.3, 0.4) is 0 Å². The number of piperidine rings is 1. The molecule has 0 radical (unpaired) electrons. The first kappa shape index (κ1) is 21.3. The van der Waals surface area contributed by atoms with E-state index in [1.54, 1.807) is 6.07 Å². The number of aromatic nitrogens is 1. The molecule has 8 nitrogen and oxygen atoms in total. The monoisotopic (exact) mass is 396 g/mol. The molecule has 0 aliphatic carbocycles. The number of sulfonamides is 1. The highest BCUT2D eigenvalue weighted by Crippen LogP contribution is 2.24. The summed E-state index contributed by atoms with van der Waals surface area (Å²) in [5.74, 6) is -0.538. The van der Waals surface area contributed by atoms with E-state index in [1.165, 1.54) is 27.7 Å². The van der Waals surface area contributed by atoms with Gasteiger partial charge in [0.05, 0.1) is 6.54 Å². The molecule has 1 aliphatic rings. The highest BCUT2D eigenvalue weighted by Gasteiger charge is 2.34. The van der Waals surface area contributed by atoms with Gasteiger partial charge in [0.15, 0.2) is 0 Å². The zero-order valence-corrected chi connectivity index (χ0v) is 16.9. The summed E-state index contributed by atoms with van der Waals surface area (Å²) in [6, 6.07) is 3.13. The second-order valence-corrected chi connectivity index (χ2v) is 8.88. The Morgan fingerprint density at radius 2 is 2.00 bits per heavy atom. The number of nitrogens with zero attached hydrogens (tertiary/aromatic N) is 3. The predicted octanol–water partition coefficient (Wildman–Crippen LogP) is 0.855. The van der Waals surface area contributed by atoms with E-state index in [0.29, 0.717) is 19.4 Å². The first-order valence-corrected chi connectivity index (χ1v) is 10.7. The zero-order valence-electron chi connectivity index (χ0n) is 16.1. The van der Waals surface area contributed by atoms with Crippen molar-refractivity contribution in [2.75, 3.05) is 26.2 Å². The summed E-state index contributed by atoms with van der Waals surface area (Å²) >= 11 is 0. The van der Waals surface area contributed by atoms with E-state index in [4.69, 9.17) is 0 Å². The molecule has 0 aromatic carbocycles. The number of hydrogen-bond acceptors (Lipinski definition) is 5. The fraction of sp³-hybridized carbons (Fsp3) is 0.611. The lowest BCUT2D eigenvalue weighted by Gasteiger charge is -2.33. The van der Waals surface area contributed by atoms with Gasteiger partial charge in [-0.15, -0.1) is 0 Å². The van der Waals surface area contributed by atoms with Crippen LogP contribution < -0.4 is 5.32 Å². The number of carbonyl (C=O) groups is 2. The molecule has 1 aliphatic heterocycles. The van der Waals surface area contributed by atoms with E-state index < -0.39 is 10.0 Å². The number of carbonyl (C=O) groups excluding carboxylic acids is 2. The Balaban J connectivity index is 1.96. The molecule has 2 heterocycles. The third-order valence-corrected chi connectivity index (χ3v) is 6.44. The SMILES string of the molecule is CCN(CC(=O)NC(C)C)C(=O)C1CCN(S(=O)(=O)c2cccnc2)CC1. The summed E-state index contributed by atoms with van der Waals surface area (Å²) in [7, 11) is -3.59. The standard InChI is InChI=1S/C18H28N4O4S/c1-4-21(13-17(23)20-14(2)3)18(24)15-7-10-22(11-8-15)27(25,26)16-6-5-9-19-12-16/h5-6,9,12,14-15H,4,7-8,10-11,13H2,1-3H3,(H,20,23). The minimum absolute atomic E-state index is 0.0206. The maximum atomic E-state index is 12.7. The molecule has 1 aromatic heterocycles. The molecule has 0 bridgehead atoms. The Labute approximate surface area is 161 Å². The Hall–Kier alpha value is -2.00. The molecular formula is C18H28N4O4S. The molecule has 0 spiro atoms. The van der Waals surface area contributed by atoms with Crippen LogP contribution in [0, 0.1) is 5.92 Å². The van der Waals surface area contributed by atoms with E-state index in [9.17, 15) is 18.0 Å². The van der Waals surface area contributed by atoms with Gasteiger partial charge in [-0.05, 0) is 45.7 Å². The molecule has 9 heteroatoms. The van der Waals surface area contributed by atoms with Crippen LogP contribution in [0.4, 0.5) is 0 Å². The third-order valence-electron chi connectivity index (χ3n) is 4.55. The van der Waals surface area contributed by atoms with Gasteiger partial charge in [-0.1, -0.05) is 0 Å². The van der Waals surface area contributed by atoms with Crippen LogP contribution in [-0.4, -0.2) is 66.6 Å². The smallest absolute Gasteiger partial charge is 0.244 e. The average Bonchev–Trinajstić information content (AvgIpc) is 2.65. The second-order valence-electron chi connectivity index (χ2n) is 6.94. The molecule has 27 heavy (non-hydrogen) atoms. The van der Waals surface area contributed by atoms with Crippen molar-refractivity contribution in [3.05, 3.63) is 24.5 Å². The van der Waals surface area contributed by atoms with E-state index >= 15 is 0 Å². The van der Waals surface area contributed by atoms with Crippen molar-refractivity contribution in [1.29, 1.82) is 0 Å². The summed E-state index contributed by atoms with van der Waals surface area (Å²) < 4.78 is 26.7. The van der Waals surface area contributed by atoms with Gasteiger partial charge in [0.25, 0.3) is 0 Å². The maximum absolute atomic E-state index is 12.7. The zero-order chi connectivity index (χ0) is 20.0. The molecule has 0 atom stereocenters. The van der Waals surface area contributed by atoms with Crippen molar-refractivity contribution in [1.82, 2.24) is 19.5 Å². The molecule has 0 saturated carbocycles. The van der Waals surface area contributed by atoms with Crippen LogP contribution >= 0.6 is 0 Å². The summed E-state index contributed by atoms with van der Waals surface area (Å²) in [6.45, 7) is 6.61. The van der Waals surface area contributed by atoms with E-state index in [1.807, 2.05) is 20.8 Å². The summed E-state index contributed by atoms with van der Waals surface area (Å²) in [5, 5.41) is 2.78. The topological polar surface area (TPSA) is 99.7 Å². The van der Waals surface area contributed by atoms with Gasteiger partial charge in [0.2, 0.25) is 21.8 Å². The number of amides is 2. The van der Waals surface area contributed by atoms with Gasteiger partial charge >= 0.3 is 0 Å². The number of nitrogens with one attached hydrogen (secondary N) is 1. The first-order valence-electron chi connectivity index (χ1n) is 9.24. The normalized spacial score (nSPS) is 16.3. The molecule has 2 amide bonds.